The third-order valence-corrected chi connectivity index (χ3v) is 3.32. The van der Waals surface area contributed by atoms with Crippen molar-refractivity contribution in [3.63, 3.8) is 0 Å². The number of aliphatic hydroxyl groups excluding tert-OH is 1. The van der Waals surface area contributed by atoms with Gasteiger partial charge < -0.3 is 5.11 Å². The lowest BCUT2D eigenvalue weighted by atomic mass is 10.1. The van der Waals surface area contributed by atoms with Crippen molar-refractivity contribution in [1.82, 2.24) is 5.43 Å². The second-order valence-corrected chi connectivity index (χ2v) is 5.25. The summed E-state index contributed by atoms with van der Waals surface area (Å²) in [5.74, 6) is -0.242. The van der Waals surface area contributed by atoms with E-state index >= 15 is 0 Å². The van der Waals surface area contributed by atoms with Crippen molar-refractivity contribution in [3.8, 4) is 0 Å². The van der Waals surface area contributed by atoms with Gasteiger partial charge in [-0.15, -0.1) is 0 Å². The third kappa shape index (κ3) is 5.31. The molecule has 4 nitrogen and oxygen atoms in total. The van der Waals surface area contributed by atoms with Crippen molar-refractivity contribution in [2.75, 3.05) is 0 Å². The lowest BCUT2D eigenvalue weighted by molar-refractivity contribution is -0.121. The number of carbonyl (C=O) groups is 1. The van der Waals surface area contributed by atoms with E-state index < -0.39 is 6.10 Å². The van der Waals surface area contributed by atoms with Gasteiger partial charge in [-0.1, -0.05) is 54.1 Å². The number of amides is 1. The van der Waals surface area contributed by atoms with Crippen molar-refractivity contribution >= 4 is 23.7 Å². The molecule has 0 radical (unpaired) electrons. The van der Waals surface area contributed by atoms with Gasteiger partial charge in [-0.2, -0.15) is 5.10 Å². The topological polar surface area (TPSA) is 61.7 Å². The highest BCUT2D eigenvalue weighted by atomic mass is 35.5. The number of carbonyl (C=O) groups excluding carboxylic acids is 1. The summed E-state index contributed by atoms with van der Waals surface area (Å²) in [6, 6.07) is 16.4. The zero-order valence-corrected chi connectivity index (χ0v) is 12.7. The van der Waals surface area contributed by atoms with E-state index in [9.17, 15) is 9.90 Å². The molecule has 1 amide bonds. The predicted octanol–water partition coefficient (Wildman–Crippen LogP) is 3.30. The van der Waals surface area contributed by atoms with Gasteiger partial charge in [-0.25, -0.2) is 5.43 Å². The molecule has 0 heterocycles. The summed E-state index contributed by atoms with van der Waals surface area (Å²) in [4.78, 5) is 11.7. The molecule has 0 fully saturated rings. The smallest absolute Gasteiger partial charge is 0.240 e. The number of hydrogen-bond donors (Lipinski definition) is 2. The minimum absolute atomic E-state index is 0.197. The molecule has 1 unspecified atom stereocenters. The van der Waals surface area contributed by atoms with E-state index in [0.29, 0.717) is 11.4 Å². The van der Waals surface area contributed by atoms with Gasteiger partial charge in [-0.05, 0) is 29.7 Å². The first kappa shape index (κ1) is 16.2. The van der Waals surface area contributed by atoms with Crippen molar-refractivity contribution in [1.29, 1.82) is 0 Å². The fourth-order valence-corrected chi connectivity index (χ4v) is 2.13. The average Bonchev–Trinajstić information content (AvgIpc) is 2.53. The Hall–Kier alpha value is -2.17. The van der Waals surface area contributed by atoms with E-state index in [1.54, 1.807) is 12.1 Å². The van der Waals surface area contributed by atoms with Gasteiger partial charge in [0, 0.05) is 11.4 Å². The third-order valence-electron chi connectivity index (χ3n) is 3.08. The Balaban J connectivity index is 1.76. The number of rotatable bonds is 6. The Labute approximate surface area is 134 Å². The molecule has 0 aliphatic rings. The highest BCUT2D eigenvalue weighted by Crippen LogP contribution is 2.17. The van der Waals surface area contributed by atoms with E-state index in [1.807, 2.05) is 42.5 Å². The van der Waals surface area contributed by atoms with Crippen molar-refractivity contribution in [2.45, 2.75) is 18.9 Å². The highest BCUT2D eigenvalue weighted by molar-refractivity contribution is 6.30. The van der Waals surface area contributed by atoms with Gasteiger partial charge in [0.1, 0.15) is 0 Å². The molecular formula is C17H17ClN2O2. The molecule has 5 heteroatoms. The van der Waals surface area contributed by atoms with E-state index in [2.05, 4.69) is 10.5 Å². The van der Waals surface area contributed by atoms with Gasteiger partial charge in [0.05, 0.1) is 12.3 Å². The van der Waals surface area contributed by atoms with Crippen molar-refractivity contribution in [2.24, 2.45) is 5.10 Å². The Morgan fingerprint density at radius 1 is 1.23 bits per heavy atom. The van der Waals surface area contributed by atoms with Crippen LogP contribution in [0.25, 0.3) is 0 Å². The van der Waals surface area contributed by atoms with E-state index in [0.717, 1.165) is 11.1 Å². The number of aliphatic hydroxyl groups is 1. The Kier molecular flexibility index (Phi) is 6.13. The number of nitrogens with one attached hydrogen (secondary N) is 1. The van der Waals surface area contributed by atoms with E-state index in [1.165, 1.54) is 6.21 Å². The number of halogens is 1. The summed E-state index contributed by atoms with van der Waals surface area (Å²) < 4.78 is 0. The fourth-order valence-electron chi connectivity index (χ4n) is 1.93. The second-order valence-electron chi connectivity index (χ2n) is 4.81. The van der Waals surface area contributed by atoms with Crippen LogP contribution in [0.4, 0.5) is 0 Å². The molecule has 0 saturated heterocycles. The first-order valence-corrected chi connectivity index (χ1v) is 7.33. The molecule has 0 bridgehead atoms. The minimum Gasteiger partial charge on any atom is -0.388 e. The van der Waals surface area contributed by atoms with Crippen LogP contribution in [0.1, 0.15) is 30.1 Å². The molecule has 0 saturated carbocycles. The van der Waals surface area contributed by atoms with Crippen molar-refractivity contribution < 1.29 is 9.90 Å². The maximum atomic E-state index is 11.7. The molecule has 22 heavy (non-hydrogen) atoms. The predicted molar refractivity (Wildman–Crippen MR) is 87.8 cm³/mol. The number of benzene rings is 2. The standard InChI is InChI=1S/C17H17ClN2O2/c18-15-8-4-5-13(11-15)12-19-20-17(22)10-9-16(21)14-6-2-1-3-7-14/h1-8,11-12,16,21H,9-10H2,(H,20,22). The SMILES string of the molecule is O=C(CCC(O)c1ccccc1)NN=Cc1cccc(Cl)c1. The summed E-state index contributed by atoms with van der Waals surface area (Å²) in [7, 11) is 0. The van der Waals surface area contributed by atoms with Gasteiger partial charge >= 0.3 is 0 Å². The average molecular weight is 317 g/mol. The Morgan fingerprint density at radius 2 is 2.00 bits per heavy atom. The van der Waals surface area contributed by atoms with Gasteiger partial charge in [0.2, 0.25) is 5.91 Å². The van der Waals surface area contributed by atoms with Crippen LogP contribution in [0.15, 0.2) is 59.7 Å². The van der Waals surface area contributed by atoms with Gasteiger partial charge in [-0.3, -0.25) is 4.79 Å². The molecule has 0 spiro atoms. The van der Waals surface area contributed by atoms with Gasteiger partial charge in [0.25, 0.3) is 0 Å². The first-order valence-electron chi connectivity index (χ1n) is 6.95. The summed E-state index contributed by atoms with van der Waals surface area (Å²) in [6.07, 6.45) is 1.42. The normalized spacial score (nSPS) is 12.3. The Morgan fingerprint density at radius 3 is 2.73 bits per heavy atom. The Bertz CT molecular complexity index is 644. The van der Waals surface area contributed by atoms with Crippen LogP contribution < -0.4 is 5.43 Å². The van der Waals surface area contributed by atoms with Crippen LogP contribution in [0.2, 0.25) is 5.02 Å². The van der Waals surface area contributed by atoms with Gasteiger partial charge in [0.15, 0.2) is 0 Å². The molecule has 0 aliphatic carbocycles. The second kappa shape index (κ2) is 8.32. The zero-order chi connectivity index (χ0) is 15.8. The molecule has 114 valence electrons. The van der Waals surface area contributed by atoms with Crippen molar-refractivity contribution in [3.05, 3.63) is 70.7 Å². The summed E-state index contributed by atoms with van der Waals surface area (Å²) >= 11 is 5.85. The lowest BCUT2D eigenvalue weighted by Gasteiger charge is -2.09. The van der Waals surface area contributed by atoms with Crippen LogP contribution >= 0.6 is 11.6 Å². The molecule has 0 aliphatic heterocycles. The first-order chi connectivity index (χ1) is 10.6. The molecule has 0 aromatic heterocycles. The highest BCUT2D eigenvalue weighted by Gasteiger charge is 2.09. The summed E-state index contributed by atoms with van der Waals surface area (Å²) in [5.41, 5.74) is 4.04. The number of nitrogens with zero attached hydrogens (tertiary/aromatic N) is 1. The maximum Gasteiger partial charge on any atom is 0.240 e. The molecule has 2 aromatic carbocycles. The molecule has 2 N–H and O–H groups in total. The molecule has 2 aromatic rings. The quantitative estimate of drug-likeness (QED) is 0.634. The lowest BCUT2D eigenvalue weighted by Crippen LogP contribution is -2.18. The van der Waals surface area contributed by atoms with Crippen LogP contribution in [0, 0.1) is 0 Å². The van der Waals surface area contributed by atoms with E-state index in [4.69, 9.17) is 11.6 Å². The summed E-state index contributed by atoms with van der Waals surface area (Å²) in [5, 5.41) is 14.5. The largest absolute Gasteiger partial charge is 0.388 e. The number of hydrogen-bond acceptors (Lipinski definition) is 3. The zero-order valence-electron chi connectivity index (χ0n) is 11.9. The van der Waals surface area contributed by atoms with Crippen LogP contribution in [0.3, 0.4) is 0 Å². The summed E-state index contributed by atoms with van der Waals surface area (Å²) in [6.45, 7) is 0. The van der Waals surface area contributed by atoms with E-state index in [-0.39, 0.29) is 12.3 Å². The fraction of sp³-hybridized carbons (Fsp3) is 0.176. The molecular weight excluding hydrogens is 300 g/mol. The van der Waals surface area contributed by atoms with Crippen LogP contribution in [-0.2, 0) is 4.79 Å². The number of hydrazone groups is 1. The molecule has 2 rings (SSSR count). The minimum atomic E-state index is -0.649. The molecule has 1 atom stereocenters. The maximum absolute atomic E-state index is 11.7. The van der Waals surface area contributed by atoms with Crippen LogP contribution in [0.5, 0.6) is 0 Å². The van der Waals surface area contributed by atoms with Crippen LogP contribution in [-0.4, -0.2) is 17.2 Å². The monoisotopic (exact) mass is 316 g/mol.